The zero-order chi connectivity index (χ0) is 37.0. The molecule has 2 aromatic carbocycles. The number of aliphatic hydroxyl groups excluding tert-OH is 1. The smallest absolute Gasteiger partial charge is 0.336 e. The van der Waals surface area contributed by atoms with Crippen LogP contribution in [-0.4, -0.2) is 36.1 Å². The number of rotatable bonds is 16. The molecule has 1 N–H and O–H groups in total. The predicted molar refractivity (Wildman–Crippen MR) is 201 cm³/mol. The Morgan fingerprint density at radius 3 is 1.67 bits per heavy atom. The first-order valence-corrected chi connectivity index (χ1v) is 17.4. The Balaban J connectivity index is 1.01. The fraction of sp³-hybridized carbons (Fsp3) is 0.333. The summed E-state index contributed by atoms with van der Waals surface area (Å²) < 4.78 is 40.6. The molecular formula is C42H44O10. The van der Waals surface area contributed by atoms with Gasteiger partial charge in [-0.15, -0.1) is 0 Å². The second-order valence-electron chi connectivity index (χ2n) is 13.8. The lowest BCUT2D eigenvalue weighted by Crippen LogP contribution is -2.42. The van der Waals surface area contributed by atoms with Crippen molar-refractivity contribution in [3.05, 3.63) is 117 Å². The molecule has 0 radical (unpaired) electrons. The molecule has 0 saturated carbocycles. The second kappa shape index (κ2) is 15.5. The Morgan fingerprint density at radius 1 is 0.731 bits per heavy atom. The van der Waals surface area contributed by atoms with Gasteiger partial charge in [-0.2, -0.15) is 0 Å². The maximum absolute atomic E-state index is 11.8. The molecule has 10 heteroatoms. The molecule has 0 bridgehead atoms. The standard InChI is InChI=1S/C42H44O10/c1-25(2)32(11-7-26(3)15-19-48-40-28-9-13-38(44)50-35(28)23-33-30(40)17-21-46-33)52-42(5,6)37(43)12-8-27(4)16-20-49-41-29-10-14-39(45)51-36(29)24-34-31(41)18-22-47-34/h9-10,13-18,21-24,32,37,43H,1,7-8,11-12,19-20H2,2-6H3/t32-,37+/m0/s1. The lowest BCUT2D eigenvalue weighted by molar-refractivity contribution is -0.128. The number of hydrogen-bond donors (Lipinski definition) is 1. The zero-order valence-corrected chi connectivity index (χ0v) is 30.2. The van der Waals surface area contributed by atoms with Crippen LogP contribution in [0.5, 0.6) is 11.5 Å². The normalized spacial score (nSPS) is 14.0. The molecule has 0 aliphatic heterocycles. The Bertz CT molecular complexity index is 2400. The molecular weight excluding hydrogens is 664 g/mol. The highest BCUT2D eigenvalue weighted by Crippen LogP contribution is 2.36. The summed E-state index contributed by atoms with van der Waals surface area (Å²) in [5, 5.41) is 14.2. The molecule has 0 aliphatic rings. The van der Waals surface area contributed by atoms with Crippen molar-refractivity contribution in [2.45, 2.75) is 78.1 Å². The van der Waals surface area contributed by atoms with Crippen molar-refractivity contribution < 1.29 is 37.0 Å². The molecule has 0 amide bonds. The van der Waals surface area contributed by atoms with E-state index in [1.807, 2.05) is 58.9 Å². The summed E-state index contributed by atoms with van der Waals surface area (Å²) in [7, 11) is 0. The molecule has 4 aromatic heterocycles. The minimum atomic E-state index is -0.819. The number of fused-ring (bicyclic) bond motifs is 4. The average molecular weight is 709 g/mol. The highest BCUT2D eigenvalue weighted by Gasteiger charge is 2.32. The summed E-state index contributed by atoms with van der Waals surface area (Å²) in [4.78, 5) is 23.5. The van der Waals surface area contributed by atoms with E-state index in [9.17, 15) is 14.7 Å². The van der Waals surface area contributed by atoms with E-state index in [2.05, 4.69) is 6.58 Å². The summed E-state index contributed by atoms with van der Waals surface area (Å²) in [6.07, 6.45) is 8.77. The van der Waals surface area contributed by atoms with Crippen molar-refractivity contribution in [3.63, 3.8) is 0 Å². The predicted octanol–water partition coefficient (Wildman–Crippen LogP) is 9.40. The third-order valence-electron chi connectivity index (χ3n) is 9.35. The molecule has 6 aromatic rings. The van der Waals surface area contributed by atoms with Gasteiger partial charge in [0, 0.05) is 24.3 Å². The minimum absolute atomic E-state index is 0.254. The molecule has 6 rings (SSSR count). The second-order valence-corrected chi connectivity index (χ2v) is 13.8. The summed E-state index contributed by atoms with van der Waals surface area (Å²) in [5.74, 6) is 1.19. The molecule has 2 atom stereocenters. The fourth-order valence-corrected chi connectivity index (χ4v) is 6.19. The van der Waals surface area contributed by atoms with Crippen molar-refractivity contribution >= 4 is 43.9 Å². The monoisotopic (exact) mass is 708 g/mol. The summed E-state index contributed by atoms with van der Waals surface area (Å²) >= 11 is 0. The van der Waals surface area contributed by atoms with Gasteiger partial charge in [-0.3, -0.25) is 0 Å². The molecule has 272 valence electrons. The first kappa shape index (κ1) is 36.5. The van der Waals surface area contributed by atoms with Gasteiger partial charge in [-0.25, -0.2) is 9.59 Å². The Kier molecular flexibility index (Phi) is 10.9. The molecule has 0 spiro atoms. The van der Waals surface area contributed by atoms with Gasteiger partial charge < -0.3 is 37.0 Å². The highest BCUT2D eigenvalue weighted by molar-refractivity contribution is 6.02. The number of benzene rings is 2. The van der Waals surface area contributed by atoms with Crippen molar-refractivity contribution in [2.75, 3.05) is 13.2 Å². The Hall–Kier alpha value is -5.32. The van der Waals surface area contributed by atoms with Crippen molar-refractivity contribution in [2.24, 2.45) is 0 Å². The molecule has 4 heterocycles. The van der Waals surface area contributed by atoms with Gasteiger partial charge in [-0.05, 0) is 96.7 Å². The maximum atomic E-state index is 11.8. The third kappa shape index (κ3) is 8.25. The minimum Gasteiger partial charge on any atom is -0.488 e. The molecule has 0 aliphatic carbocycles. The van der Waals surface area contributed by atoms with Crippen LogP contribution in [-0.2, 0) is 4.74 Å². The van der Waals surface area contributed by atoms with Gasteiger partial charge >= 0.3 is 11.3 Å². The number of allylic oxidation sites excluding steroid dienone is 2. The van der Waals surface area contributed by atoms with Gasteiger partial charge in [0.05, 0.1) is 51.9 Å². The quantitative estimate of drug-likeness (QED) is 0.0765. The highest BCUT2D eigenvalue weighted by atomic mass is 16.5. The van der Waals surface area contributed by atoms with E-state index in [0.717, 1.165) is 33.9 Å². The van der Waals surface area contributed by atoms with Gasteiger partial charge in [0.2, 0.25) is 0 Å². The van der Waals surface area contributed by atoms with Gasteiger partial charge in [0.15, 0.2) is 0 Å². The van der Waals surface area contributed by atoms with Crippen molar-refractivity contribution in [3.8, 4) is 11.5 Å². The van der Waals surface area contributed by atoms with Crippen molar-refractivity contribution in [1.82, 2.24) is 0 Å². The lowest BCUT2D eigenvalue weighted by Gasteiger charge is -2.35. The first-order chi connectivity index (χ1) is 24.9. The van der Waals surface area contributed by atoms with Crippen LogP contribution >= 0.6 is 0 Å². The van der Waals surface area contributed by atoms with Gasteiger partial charge in [0.1, 0.15) is 47.0 Å². The van der Waals surface area contributed by atoms with E-state index in [1.54, 1.807) is 36.8 Å². The number of ether oxygens (including phenoxy) is 3. The van der Waals surface area contributed by atoms with E-state index in [0.29, 0.717) is 77.1 Å². The lowest BCUT2D eigenvalue weighted by atomic mass is 9.94. The van der Waals surface area contributed by atoms with E-state index in [1.165, 1.54) is 12.1 Å². The van der Waals surface area contributed by atoms with E-state index in [-0.39, 0.29) is 6.10 Å². The van der Waals surface area contributed by atoms with E-state index >= 15 is 0 Å². The van der Waals surface area contributed by atoms with Gasteiger partial charge in [-0.1, -0.05) is 23.3 Å². The number of aliphatic hydroxyl groups is 1. The SMILES string of the molecule is C=C(C)[C@H](CCC(C)=CCOc1c2ccoc2cc2oc(=O)ccc12)OC(C)(C)[C@H](O)CCC(C)=CCOc1c2ccoc2cc2oc(=O)ccc12. The summed E-state index contributed by atoms with van der Waals surface area (Å²) in [6, 6.07) is 13.2. The van der Waals surface area contributed by atoms with Crippen LogP contribution in [0, 0.1) is 0 Å². The first-order valence-electron chi connectivity index (χ1n) is 17.4. The van der Waals surface area contributed by atoms with Crippen LogP contribution in [0.4, 0.5) is 0 Å². The topological polar surface area (TPSA) is 135 Å². The molecule has 0 saturated heterocycles. The largest absolute Gasteiger partial charge is 0.488 e. The van der Waals surface area contributed by atoms with E-state index in [4.69, 9.17) is 31.9 Å². The van der Waals surface area contributed by atoms with Crippen LogP contribution < -0.4 is 20.7 Å². The summed E-state index contributed by atoms with van der Waals surface area (Å²) in [5.41, 5.74) is 3.32. The Morgan fingerprint density at radius 2 is 1.19 bits per heavy atom. The molecule has 0 unspecified atom stereocenters. The third-order valence-corrected chi connectivity index (χ3v) is 9.35. The van der Waals surface area contributed by atoms with E-state index < -0.39 is 23.0 Å². The molecule has 10 nitrogen and oxygen atoms in total. The van der Waals surface area contributed by atoms with Crippen molar-refractivity contribution in [1.29, 1.82) is 0 Å². The fourth-order valence-electron chi connectivity index (χ4n) is 6.19. The van der Waals surface area contributed by atoms with Crippen LogP contribution in [0.25, 0.3) is 43.9 Å². The van der Waals surface area contributed by atoms with Crippen LogP contribution in [0.2, 0.25) is 0 Å². The number of furan rings is 2. The molecule has 52 heavy (non-hydrogen) atoms. The average Bonchev–Trinajstić information content (AvgIpc) is 3.77. The Labute approximate surface area is 300 Å². The maximum Gasteiger partial charge on any atom is 0.336 e. The van der Waals surface area contributed by atoms with Crippen LogP contribution in [0.15, 0.2) is 124 Å². The van der Waals surface area contributed by atoms with Gasteiger partial charge in [0.25, 0.3) is 0 Å². The summed E-state index contributed by atoms with van der Waals surface area (Å²) in [6.45, 7) is 14.6. The molecule has 0 fully saturated rings. The van der Waals surface area contributed by atoms with Crippen LogP contribution in [0.1, 0.15) is 60.3 Å². The zero-order valence-electron chi connectivity index (χ0n) is 30.2. The van der Waals surface area contributed by atoms with Crippen LogP contribution in [0.3, 0.4) is 0 Å². The number of hydrogen-bond acceptors (Lipinski definition) is 10.